The standard InChI is InChI=1S/C7H15NO/c1-6-4-8-7(2,3)5-9-6/h6,8H,4-5H2,1-3H3/t6-/m0/s1. The van der Waals surface area contributed by atoms with Crippen LogP contribution in [-0.2, 0) is 4.74 Å². The van der Waals surface area contributed by atoms with Gasteiger partial charge in [0.15, 0.2) is 0 Å². The summed E-state index contributed by atoms with van der Waals surface area (Å²) in [5.41, 5.74) is 0.187. The van der Waals surface area contributed by atoms with Gasteiger partial charge in [-0.05, 0) is 20.8 Å². The van der Waals surface area contributed by atoms with Crippen LogP contribution in [0.5, 0.6) is 0 Å². The highest BCUT2D eigenvalue weighted by Crippen LogP contribution is 2.09. The van der Waals surface area contributed by atoms with Crippen LogP contribution in [0.2, 0.25) is 0 Å². The molecule has 0 aromatic heterocycles. The minimum atomic E-state index is 0.187. The molecular weight excluding hydrogens is 114 g/mol. The highest BCUT2D eigenvalue weighted by atomic mass is 16.5. The SMILES string of the molecule is C[C@H]1CNC(C)(C)CO1. The molecule has 0 aromatic carbocycles. The predicted octanol–water partition coefficient (Wildman–Crippen LogP) is 0.773. The molecule has 1 atom stereocenters. The average molecular weight is 129 g/mol. The molecule has 2 nitrogen and oxygen atoms in total. The van der Waals surface area contributed by atoms with Gasteiger partial charge in [-0.2, -0.15) is 0 Å². The van der Waals surface area contributed by atoms with Crippen LogP contribution in [0.1, 0.15) is 20.8 Å². The molecule has 0 aliphatic carbocycles. The zero-order chi connectivity index (χ0) is 6.91. The summed E-state index contributed by atoms with van der Waals surface area (Å²) in [5, 5.41) is 3.38. The first kappa shape index (κ1) is 7.03. The Morgan fingerprint density at radius 1 is 1.56 bits per heavy atom. The smallest absolute Gasteiger partial charge is 0.0672 e. The Labute approximate surface area is 56.6 Å². The molecule has 1 aliphatic rings. The second kappa shape index (κ2) is 2.27. The van der Waals surface area contributed by atoms with Crippen LogP contribution < -0.4 is 5.32 Å². The number of ether oxygens (including phenoxy) is 1. The van der Waals surface area contributed by atoms with Crippen molar-refractivity contribution >= 4 is 0 Å². The summed E-state index contributed by atoms with van der Waals surface area (Å²) in [6, 6.07) is 0. The molecule has 1 rings (SSSR count). The van der Waals surface area contributed by atoms with Crippen LogP contribution in [0.25, 0.3) is 0 Å². The molecule has 54 valence electrons. The van der Waals surface area contributed by atoms with E-state index in [0.29, 0.717) is 6.10 Å². The number of hydrogen-bond acceptors (Lipinski definition) is 2. The van der Waals surface area contributed by atoms with Gasteiger partial charge >= 0.3 is 0 Å². The molecule has 0 unspecified atom stereocenters. The summed E-state index contributed by atoms with van der Waals surface area (Å²) in [6.07, 6.45) is 0.387. The highest BCUT2D eigenvalue weighted by Gasteiger charge is 2.23. The van der Waals surface area contributed by atoms with Crippen molar-refractivity contribution in [1.29, 1.82) is 0 Å². The lowest BCUT2D eigenvalue weighted by atomic mass is 10.1. The molecule has 0 radical (unpaired) electrons. The van der Waals surface area contributed by atoms with E-state index in [0.717, 1.165) is 13.2 Å². The lowest BCUT2D eigenvalue weighted by Gasteiger charge is -2.34. The molecular formula is C7H15NO. The topological polar surface area (TPSA) is 21.3 Å². The third-order valence-corrected chi connectivity index (χ3v) is 1.60. The van der Waals surface area contributed by atoms with Crippen molar-refractivity contribution < 1.29 is 4.74 Å². The van der Waals surface area contributed by atoms with Gasteiger partial charge < -0.3 is 10.1 Å². The summed E-state index contributed by atoms with van der Waals surface area (Å²) in [6.45, 7) is 8.20. The molecule has 9 heavy (non-hydrogen) atoms. The van der Waals surface area contributed by atoms with E-state index in [-0.39, 0.29) is 5.54 Å². The fourth-order valence-corrected chi connectivity index (χ4v) is 0.881. The van der Waals surface area contributed by atoms with Crippen molar-refractivity contribution in [3.63, 3.8) is 0 Å². The van der Waals surface area contributed by atoms with Crippen LogP contribution >= 0.6 is 0 Å². The maximum absolute atomic E-state index is 5.43. The average Bonchev–Trinajstić information content (AvgIpc) is 1.78. The first-order valence-corrected chi connectivity index (χ1v) is 3.47. The van der Waals surface area contributed by atoms with Crippen LogP contribution in [0.4, 0.5) is 0 Å². The van der Waals surface area contributed by atoms with Gasteiger partial charge in [0.2, 0.25) is 0 Å². The van der Waals surface area contributed by atoms with Gasteiger partial charge in [-0.3, -0.25) is 0 Å². The second-order valence-electron chi connectivity index (χ2n) is 3.39. The van der Waals surface area contributed by atoms with Gasteiger partial charge in [-0.1, -0.05) is 0 Å². The summed E-state index contributed by atoms with van der Waals surface area (Å²) in [7, 11) is 0. The Hall–Kier alpha value is -0.0800. The van der Waals surface area contributed by atoms with E-state index in [1.807, 2.05) is 0 Å². The normalized spacial score (nSPS) is 34.3. The molecule has 1 aliphatic heterocycles. The molecule has 0 saturated carbocycles. The molecule has 1 N–H and O–H groups in total. The Morgan fingerprint density at radius 2 is 2.22 bits per heavy atom. The Morgan fingerprint density at radius 3 is 2.56 bits per heavy atom. The van der Waals surface area contributed by atoms with Gasteiger partial charge in [0, 0.05) is 12.1 Å². The fraction of sp³-hybridized carbons (Fsp3) is 1.00. The van der Waals surface area contributed by atoms with E-state index >= 15 is 0 Å². The maximum atomic E-state index is 5.43. The second-order valence-corrected chi connectivity index (χ2v) is 3.39. The first-order valence-electron chi connectivity index (χ1n) is 3.47. The molecule has 1 heterocycles. The Balaban J connectivity index is 2.35. The molecule has 1 saturated heterocycles. The number of hydrogen-bond donors (Lipinski definition) is 1. The first-order chi connectivity index (χ1) is 4.10. The van der Waals surface area contributed by atoms with E-state index in [4.69, 9.17) is 4.74 Å². The van der Waals surface area contributed by atoms with Crippen LogP contribution in [0, 0.1) is 0 Å². The van der Waals surface area contributed by atoms with E-state index in [2.05, 4.69) is 26.1 Å². The third kappa shape index (κ3) is 1.95. The Bertz CT molecular complexity index is 91.1. The molecule has 0 bridgehead atoms. The lowest BCUT2D eigenvalue weighted by molar-refractivity contribution is -0.0113. The van der Waals surface area contributed by atoms with Crippen LogP contribution in [0.3, 0.4) is 0 Å². The Kier molecular flexibility index (Phi) is 1.78. The molecule has 2 heteroatoms. The predicted molar refractivity (Wildman–Crippen MR) is 37.5 cm³/mol. The van der Waals surface area contributed by atoms with Crippen molar-refractivity contribution in [3.8, 4) is 0 Å². The number of morpholine rings is 1. The van der Waals surface area contributed by atoms with Gasteiger partial charge in [-0.25, -0.2) is 0 Å². The van der Waals surface area contributed by atoms with Crippen molar-refractivity contribution in [3.05, 3.63) is 0 Å². The number of nitrogens with one attached hydrogen (secondary N) is 1. The summed E-state index contributed by atoms with van der Waals surface area (Å²) >= 11 is 0. The molecule has 0 spiro atoms. The minimum Gasteiger partial charge on any atom is -0.375 e. The van der Waals surface area contributed by atoms with E-state index in [1.54, 1.807) is 0 Å². The van der Waals surface area contributed by atoms with E-state index in [9.17, 15) is 0 Å². The van der Waals surface area contributed by atoms with Crippen LogP contribution in [0.15, 0.2) is 0 Å². The van der Waals surface area contributed by atoms with E-state index in [1.165, 1.54) is 0 Å². The summed E-state index contributed by atoms with van der Waals surface area (Å²) < 4.78 is 5.43. The fourth-order valence-electron chi connectivity index (χ4n) is 0.881. The molecule has 0 amide bonds. The third-order valence-electron chi connectivity index (χ3n) is 1.60. The lowest BCUT2D eigenvalue weighted by Crippen LogP contribution is -2.52. The molecule has 1 fully saturated rings. The van der Waals surface area contributed by atoms with Gasteiger partial charge in [0.1, 0.15) is 0 Å². The largest absolute Gasteiger partial charge is 0.375 e. The van der Waals surface area contributed by atoms with E-state index < -0.39 is 0 Å². The highest BCUT2D eigenvalue weighted by molar-refractivity contribution is 4.82. The maximum Gasteiger partial charge on any atom is 0.0672 e. The zero-order valence-electron chi connectivity index (χ0n) is 6.40. The van der Waals surface area contributed by atoms with Gasteiger partial charge in [-0.15, -0.1) is 0 Å². The minimum absolute atomic E-state index is 0.187. The van der Waals surface area contributed by atoms with Gasteiger partial charge in [0.05, 0.1) is 12.7 Å². The van der Waals surface area contributed by atoms with Crippen molar-refractivity contribution in [2.24, 2.45) is 0 Å². The zero-order valence-corrected chi connectivity index (χ0v) is 6.40. The monoisotopic (exact) mass is 129 g/mol. The van der Waals surface area contributed by atoms with Gasteiger partial charge in [0.25, 0.3) is 0 Å². The molecule has 0 aromatic rings. The quantitative estimate of drug-likeness (QED) is 0.521. The number of rotatable bonds is 0. The van der Waals surface area contributed by atoms with Crippen molar-refractivity contribution in [2.75, 3.05) is 13.2 Å². The van der Waals surface area contributed by atoms with Crippen molar-refractivity contribution in [2.45, 2.75) is 32.4 Å². The summed E-state index contributed by atoms with van der Waals surface area (Å²) in [5.74, 6) is 0. The summed E-state index contributed by atoms with van der Waals surface area (Å²) in [4.78, 5) is 0. The van der Waals surface area contributed by atoms with Crippen LogP contribution in [-0.4, -0.2) is 24.8 Å². The van der Waals surface area contributed by atoms with Crippen molar-refractivity contribution in [1.82, 2.24) is 5.32 Å².